The number of fused-ring (bicyclic) bond motifs is 3. The molecule has 136 valence electrons. The highest BCUT2D eigenvalue weighted by Gasteiger charge is 2.54. The number of nitrogens with zero attached hydrogens (tertiary/aromatic N) is 1. The van der Waals surface area contributed by atoms with Gasteiger partial charge in [-0.05, 0) is 36.3 Å². The topological polar surface area (TPSA) is 57.2 Å². The minimum atomic E-state index is -0.672. The van der Waals surface area contributed by atoms with Crippen LogP contribution in [0, 0.1) is 17.3 Å². The molecule has 4 heteroatoms. The Morgan fingerprint density at radius 3 is 2.56 bits per heavy atom. The lowest BCUT2D eigenvalue weighted by Gasteiger charge is -2.52. The van der Waals surface area contributed by atoms with E-state index in [9.17, 15) is 4.79 Å². The Labute approximate surface area is 150 Å². The molecule has 2 heterocycles. The monoisotopic (exact) mass is 342 g/mol. The Kier molecular flexibility index (Phi) is 4.34. The smallest absolute Gasteiger partial charge is 0.405 e. The first-order valence-corrected chi connectivity index (χ1v) is 9.22. The Morgan fingerprint density at radius 2 is 1.96 bits per heavy atom. The summed E-state index contributed by atoms with van der Waals surface area (Å²) in [5, 5.41) is 1.28. The maximum Gasteiger partial charge on any atom is 0.405 e. The number of primary amides is 1. The van der Waals surface area contributed by atoms with E-state index in [1.807, 2.05) is 0 Å². The SMILES string of the molecule is CC(C)[C@](OC(N)=O)([C@H]1CCn2c(cc3ccccc32)C1)C(C)(C)C. The standard InChI is InChI=1S/C21H30N2O2/c1-14(2)21(20(3,4)5,25-19(22)24)16-10-11-23-17(13-16)12-15-8-6-7-9-18(15)23/h6-9,12,14,16H,10-11,13H2,1-5H3,(H2,22,24)/t16-,21-/m0/s1. The van der Waals surface area contributed by atoms with Crippen LogP contribution in [0.25, 0.3) is 10.9 Å². The van der Waals surface area contributed by atoms with Crippen LogP contribution in [0.15, 0.2) is 30.3 Å². The minimum absolute atomic E-state index is 0.181. The van der Waals surface area contributed by atoms with Crippen LogP contribution in [0.3, 0.4) is 0 Å². The molecule has 3 rings (SSSR count). The molecule has 25 heavy (non-hydrogen) atoms. The van der Waals surface area contributed by atoms with Gasteiger partial charge in [-0.2, -0.15) is 0 Å². The largest absolute Gasteiger partial charge is 0.442 e. The van der Waals surface area contributed by atoms with Crippen molar-refractivity contribution >= 4 is 17.0 Å². The maximum absolute atomic E-state index is 11.8. The zero-order valence-electron chi connectivity index (χ0n) is 16.0. The normalized spacial score (nSPS) is 20.3. The third-order valence-corrected chi connectivity index (χ3v) is 5.96. The third-order valence-electron chi connectivity index (χ3n) is 5.96. The molecule has 0 aliphatic carbocycles. The first-order chi connectivity index (χ1) is 11.7. The van der Waals surface area contributed by atoms with Gasteiger partial charge in [-0.15, -0.1) is 0 Å². The fraction of sp³-hybridized carbons (Fsp3) is 0.571. The van der Waals surface area contributed by atoms with Gasteiger partial charge in [0.15, 0.2) is 0 Å². The number of ether oxygens (including phenoxy) is 1. The third kappa shape index (κ3) is 2.82. The van der Waals surface area contributed by atoms with Crippen molar-refractivity contribution in [3.8, 4) is 0 Å². The van der Waals surface area contributed by atoms with Crippen LogP contribution < -0.4 is 5.73 Å². The Morgan fingerprint density at radius 1 is 1.28 bits per heavy atom. The zero-order valence-corrected chi connectivity index (χ0v) is 16.0. The molecule has 1 amide bonds. The fourth-order valence-corrected chi connectivity index (χ4v) is 5.18. The molecule has 1 aliphatic rings. The summed E-state index contributed by atoms with van der Waals surface area (Å²) in [6.45, 7) is 11.7. The van der Waals surface area contributed by atoms with Gasteiger partial charge in [0, 0.05) is 29.1 Å². The van der Waals surface area contributed by atoms with Gasteiger partial charge < -0.3 is 15.0 Å². The number of hydrogen-bond donors (Lipinski definition) is 1. The van der Waals surface area contributed by atoms with Gasteiger partial charge in [-0.3, -0.25) is 0 Å². The van der Waals surface area contributed by atoms with Crippen LogP contribution in [-0.4, -0.2) is 16.3 Å². The minimum Gasteiger partial charge on any atom is -0.442 e. The number of carbonyl (C=O) groups excluding carboxylic acids is 1. The number of para-hydroxylation sites is 1. The number of hydrogen-bond acceptors (Lipinski definition) is 2. The van der Waals surface area contributed by atoms with Crippen molar-refractivity contribution in [2.75, 3.05) is 0 Å². The summed E-state index contributed by atoms with van der Waals surface area (Å²) in [5.41, 5.74) is 7.34. The average molecular weight is 342 g/mol. The summed E-state index contributed by atoms with van der Waals surface area (Å²) in [7, 11) is 0. The summed E-state index contributed by atoms with van der Waals surface area (Å²) in [5.74, 6) is 0.428. The highest BCUT2D eigenvalue weighted by molar-refractivity contribution is 5.81. The van der Waals surface area contributed by atoms with Crippen LogP contribution in [0.4, 0.5) is 4.79 Å². The van der Waals surface area contributed by atoms with E-state index in [1.54, 1.807) is 0 Å². The number of amides is 1. The fourth-order valence-electron chi connectivity index (χ4n) is 5.18. The van der Waals surface area contributed by atoms with E-state index >= 15 is 0 Å². The molecule has 4 nitrogen and oxygen atoms in total. The van der Waals surface area contributed by atoms with Gasteiger partial charge in [-0.1, -0.05) is 52.8 Å². The van der Waals surface area contributed by atoms with Gasteiger partial charge in [0.2, 0.25) is 0 Å². The number of carbonyl (C=O) groups is 1. The van der Waals surface area contributed by atoms with Crippen molar-refractivity contribution < 1.29 is 9.53 Å². The van der Waals surface area contributed by atoms with Gasteiger partial charge in [0.1, 0.15) is 5.60 Å². The van der Waals surface area contributed by atoms with E-state index in [4.69, 9.17) is 10.5 Å². The maximum atomic E-state index is 11.8. The van der Waals surface area contributed by atoms with Crippen molar-refractivity contribution in [3.05, 3.63) is 36.0 Å². The van der Waals surface area contributed by atoms with Crippen molar-refractivity contribution in [3.63, 3.8) is 0 Å². The second kappa shape index (κ2) is 6.08. The second-order valence-corrected chi connectivity index (χ2v) is 8.65. The molecular weight excluding hydrogens is 312 g/mol. The number of nitrogens with two attached hydrogens (primary N) is 1. The summed E-state index contributed by atoms with van der Waals surface area (Å²) in [6.07, 6.45) is 1.21. The molecule has 1 aromatic heterocycles. The second-order valence-electron chi connectivity index (χ2n) is 8.65. The van der Waals surface area contributed by atoms with Crippen molar-refractivity contribution in [2.45, 2.75) is 59.6 Å². The van der Waals surface area contributed by atoms with Gasteiger partial charge in [0.05, 0.1) is 0 Å². The molecule has 2 atom stereocenters. The van der Waals surface area contributed by atoms with Crippen LogP contribution in [0.5, 0.6) is 0 Å². The first kappa shape index (κ1) is 17.8. The van der Waals surface area contributed by atoms with Crippen molar-refractivity contribution in [1.29, 1.82) is 0 Å². The predicted molar refractivity (Wildman–Crippen MR) is 101 cm³/mol. The lowest BCUT2D eigenvalue weighted by atomic mass is 9.60. The number of aryl methyl sites for hydroxylation is 1. The lowest BCUT2D eigenvalue weighted by molar-refractivity contribution is -0.144. The van der Waals surface area contributed by atoms with E-state index in [0.717, 1.165) is 19.4 Å². The van der Waals surface area contributed by atoms with Gasteiger partial charge in [-0.25, -0.2) is 4.79 Å². The molecule has 0 radical (unpaired) electrons. The Bertz CT molecular complexity index is 785. The average Bonchev–Trinajstić information content (AvgIpc) is 2.88. The van der Waals surface area contributed by atoms with Crippen LogP contribution in [-0.2, 0) is 17.7 Å². The van der Waals surface area contributed by atoms with Gasteiger partial charge in [0.25, 0.3) is 0 Å². The summed E-state index contributed by atoms with van der Waals surface area (Å²) < 4.78 is 8.33. The molecule has 0 fully saturated rings. The van der Waals surface area contributed by atoms with Gasteiger partial charge >= 0.3 is 6.09 Å². The molecule has 0 saturated carbocycles. The quantitative estimate of drug-likeness (QED) is 0.876. The molecule has 0 spiro atoms. The van der Waals surface area contributed by atoms with Crippen molar-refractivity contribution in [2.24, 2.45) is 23.0 Å². The molecule has 2 aromatic rings. The lowest BCUT2D eigenvalue weighted by Crippen LogP contribution is -2.58. The molecule has 1 aromatic carbocycles. The predicted octanol–water partition coefficient (Wildman–Crippen LogP) is 4.74. The van der Waals surface area contributed by atoms with E-state index in [-0.39, 0.29) is 17.3 Å². The summed E-state index contributed by atoms with van der Waals surface area (Å²) in [4.78, 5) is 11.8. The molecule has 0 saturated heterocycles. The zero-order chi connectivity index (χ0) is 18.4. The van der Waals surface area contributed by atoms with E-state index < -0.39 is 11.7 Å². The van der Waals surface area contributed by atoms with Crippen LogP contribution in [0.1, 0.15) is 46.7 Å². The highest BCUT2D eigenvalue weighted by atomic mass is 16.6. The number of aromatic nitrogens is 1. The molecular formula is C21H30N2O2. The highest BCUT2D eigenvalue weighted by Crippen LogP contribution is 2.49. The first-order valence-electron chi connectivity index (χ1n) is 9.22. The number of rotatable bonds is 3. The molecule has 0 unspecified atom stereocenters. The Balaban J connectivity index is 2.05. The summed E-state index contributed by atoms with van der Waals surface area (Å²) in [6, 6.07) is 10.8. The summed E-state index contributed by atoms with van der Waals surface area (Å²) >= 11 is 0. The van der Waals surface area contributed by atoms with Crippen LogP contribution >= 0.6 is 0 Å². The van der Waals surface area contributed by atoms with Crippen molar-refractivity contribution in [1.82, 2.24) is 4.57 Å². The van der Waals surface area contributed by atoms with E-state index in [0.29, 0.717) is 0 Å². The van der Waals surface area contributed by atoms with E-state index in [2.05, 4.69) is 69.5 Å². The Hall–Kier alpha value is -1.97. The van der Waals surface area contributed by atoms with E-state index in [1.165, 1.54) is 16.6 Å². The number of benzene rings is 1. The van der Waals surface area contributed by atoms with Crippen LogP contribution in [0.2, 0.25) is 0 Å². The molecule has 1 aliphatic heterocycles. The molecule has 2 N–H and O–H groups in total. The molecule has 0 bridgehead atoms.